The summed E-state index contributed by atoms with van der Waals surface area (Å²) in [5.74, 6) is -1.11. The molecule has 0 saturated heterocycles. The average molecular weight is 300 g/mol. The molecule has 0 aliphatic rings. The number of hydrogen-bond acceptors (Lipinski definition) is 4. The van der Waals surface area contributed by atoms with Crippen LogP contribution < -0.4 is 10.6 Å². The predicted molar refractivity (Wildman–Crippen MR) is 76.9 cm³/mol. The highest BCUT2D eigenvalue weighted by Crippen LogP contribution is 2.11. The molecule has 1 aromatic heterocycles. The van der Waals surface area contributed by atoms with Gasteiger partial charge >= 0.3 is 12.0 Å². The van der Waals surface area contributed by atoms with Crippen LogP contribution in [-0.4, -0.2) is 40.4 Å². The molecule has 6 nitrogen and oxygen atoms in total. The maximum Gasteiger partial charge on any atom is 0.315 e. The number of carboxylic acid groups (broad SMARTS) is 1. The summed E-state index contributed by atoms with van der Waals surface area (Å²) in [5.41, 5.74) is -1.46. The Morgan fingerprint density at radius 1 is 1.50 bits per heavy atom. The fraction of sp³-hybridized carbons (Fsp3) is 0.538. The van der Waals surface area contributed by atoms with Gasteiger partial charge in [-0.15, -0.1) is 11.3 Å². The van der Waals surface area contributed by atoms with Crippen molar-refractivity contribution in [1.82, 2.24) is 10.6 Å². The van der Waals surface area contributed by atoms with Gasteiger partial charge in [0.05, 0.1) is 12.0 Å². The zero-order valence-electron chi connectivity index (χ0n) is 11.5. The molecule has 2 atom stereocenters. The Kier molecular flexibility index (Phi) is 5.97. The summed E-state index contributed by atoms with van der Waals surface area (Å²) in [4.78, 5) is 23.3. The lowest BCUT2D eigenvalue weighted by Crippen LogP contribution is -2.48. The van der Waals surface area contributed by atoms with E-state index in [-0.39, 0.29) is 12.6 Å². The summed E-state index contributed by atoms with van der Waals surface area (Å²) >= 11 is 1.63. The first-order valence-electron chi connectivity index (χ1n) is 6.29. The Morgan fingerprint density at radius 3 is 2.75 bits per heavy atom. The molecule has 0 aliphatic heterocycles. The van der Waals surface area contributed by atoms with Crippen molar-refractivity contribution < 1.29 is 19.8 Å². The van der Waals surface area contributed by atoms with Gasteiger partial charge in [0, 0.05) is 23.9 Å². The van der Waals surface area contributed by atoms with Gasteiger partial charge in [0.2, 0.25) is 0 Å². The van der Waals surface area contributed by atoms with Crippen LogP contribution >= 0.6 is 11.3 Å². The average Bonchev–Trinajstić information content (AvgIpc) is 2.77. The second kappa shape index (κ2) is 7.25. The Balaban J connectivity index is 2.31. The predicted octanol–water partition coefficient (Wildman–Crippen LogP) is 1.20. The molecule has 7 heteroatoms. The third kappa shape index (κ3) is 6.53. The third-order valence-electron chi connectivity index (χ3n) is 2.63. The zero-order valence-corrected chi connectivity index (χ0v) is 12.4. The number of carbonyl (C=O) groups is 2. The molecule has 1 heterocycles. The minimum Gasteiger partial charge on any atom is -0.481 e. The van der Waals surface area contributed by atoms with Crippen LogP contribution in [0.4, 0.5) is 4.79 Å². The molecule has 20 heavy (non-hydrogen) atoms. The van der Waals surface area contributed by atoms with Gasteiger partial charge in [-0.3, -0.25) is 4.79 Å². The van der Waals surface area contributed by atoms with Crippen molar-refractivity contribution in [2.24, 2.45) is 0 Å². The molecule has 0 radical (unpaired) electrons. The summed E-state index contributed by atoms with van der Waals surface area (Å²) < 4.78 is 0. The van der Waals surface area contributed by atoms with Crippen LogP contribution in [0.1, 0.15) is 25.1 Å². The van der Waals surface area contributed by atoms with Crippen LogP contribution in [0.2, 0.25) is 0 Å². The number of hydrogen-bond donors (Lipinski definition) is 4. The van der Waals surface area contributed by atoms with Crippen molar-refractivity contribution in [3.8, 4) is 0 Å². The van der Waals surface area contributed by atoms with E-state index < -0.39 is 24.0 Å². The van der Waals surface area contributed by atoms with E-state index in [1.165, 1.54) is 11.8 Å². The maximum atomic E-state index is 11.6. The third-order valence-corrected chi connectivity index (χ3v) is 3.53. The Labute approximate surface area is 121 Å². The van der Waals surface area contributed by atoms with Gasteiger partial charge in [0.15, 0.2) is 0 Å². The van der Waals surface area contributed by atoms with Gasteiger partial charge in [0.25, 0.3) is 0 Å². The molecule has 2 amide bonds. The van der Waals surface area contributed by atoms with Crippen molar-refractivity contribution >= 4 is 23.3 Å². The minimum atomic E-state index is -1.46. The lowest BCUT2D eigenvalue weighted by atomic mass is 10.0. The zero-order chi connectivity index (χ0) is 15.2. The maximum absolute atomic E-state index is 11.6. The van der Waals surface area contributed by atoms with Crippen LogP contribution in [0.5, 0.6) is 0 Å². The van der Waals surface area contributed by atoms with E-state index in [1.807, 2.05) is 24.4 Å². The molecule has 1 aromatic rings. The molecule has 4 N–H and O–H groups in total. The lowest BCUT2D eigenvalue weighted by Gasteiger charge is -2.22. The van der Waals surface area contributed by atoms with E-state index in [9.17, 15) is 14.7 Å². The fourth-order valence-corrected chi connectivity index (χ4v) is 2.55. The molecule has 112 valence electrons. The lowest BCUT2D eigenvalue weighted by molar-refractivity contribution is -0.141. The first-order valence-corrected chi connectivity index (χ1v) is 7.17. The molecule has 2 unspecified atom stereocenters. The van der Waals surface area contributed by atoms with E-state index in [4.69, 9.17) is 5.11 Å². The summed E-state index contributed by atoms with van der Waals surface area (Å²) in [7, 11) is 0. The first kappa shape index (κ1) is 16.5. The molecule has 0 bridgehead atoms. The fourth-order valence-electron chi connectivity index (χ4n) is 1.72. The van der Waals surface area contributed by atoms with Crippen molar-refractivity contribution in [3.63, 3.8) is 0 Å². The smallest absolute Gasteiger partial charge is 0.315 e. The number of aliphatic hydroxyl groups is 1. The van der Waals surface area contributed by atoms with E-state index >= 15 is 0 Å². The van der Waals surface area contributed by atoms with Crippen molar-refractivity contribution in [2.45, 2.75) is 38.3 Å². The summed E-state index contributed by atoms with van der Waals surface area (Å²) in [5, 5.41) is 25.6. The quantitative estimate of drug-likeness (QED) is 0.608. The topological polar surface area (TPSA) is 98.7 Å². The SMILES string of the molecule is CC(Cc1cccs1)NC(=O)NCC(C)(O)CC(=O)O. The van der Waals surface area contributed by atoms with Crippen molar-refractivity contribution in [1.29, 1.82) is 0 Å². The van der Waals surface area contributed by atoms with Crippen molar-refractivity contribution in [3.05, 3.63) is 22.4 Å². The molecular weight excluding hydrogens is 280 g/mol. The van der Waals surface area contributed by atoms with E-state index in [2.05, 4.69) is 10.6 Å². The van der Waals surface area contributed by atoms with Crippen LogP contribution in [0.15, 0.2) is 17.5 Å². The van der Waals surface area contributed by atoms with Crippen molar-refractivity contribution in [2.75, 3.05) is 6.54 Å². The monoisotopic (exact) mass is 300 g/mol. The Bertz CT molecular complexity index is 445. The van der Waals surface area contributed by atoms with E-state index in [0.717, 1.165) is 6.42 Å². The molecule has 0 spiro atoms. The number of amides is 2. The molecule has 0 aromatic carbocycles. The highest BCUT2D eigenvalue weighted by Gasteiger charge is 2.25. The second-order valence-corrected chi connectivity index (χ2v) is 6.11. The molecular formula is C13H20N2O4S. The van der Waals surface area contributed by atoms with Crippen LogP contribution in [0, 0.1) is 0 Å². The summed E-state index contributed by atoms with van der Waals surface area (Å²) in [6.07, 6.45) is 0.314. The number of thiophene rings is 1. The molecule has 1 rings (SSSR count). The molecule has 0 fully saturated rings. The summed E-state index contributed by atoms with van der Waals surface area (Å²) in [6.45, 7) is 3.14. The van der Waals surface area contributed by atoms with Crippen LogP contribution in [-0.2, 0) is 11.2 Å². The number of aliphatic carboxylic acids is 1. The van der Waals surface area contributed by atoms with Crippen LogP contribution in [0.3, 0.4) is 0 Å². The highest BCUT2D eigenvalue weighted by atomic mass is 32.1. The van der Waals surface area contributed by atoms with Crippen LogP contribution in [0.25, 0.3) is 0 Å². The van der Waals surface area contributed by atoms with Gasteiger partial charge in [0.1, 0.15) is 0 Å². The summed E-state index contributed by atoms with van der Waals surface area (Å²) in [6, 6.07) is 3.49. The first-order chi connectivity index (χ1) is 9.28. The normalized spacial score (nSPS) is 15.2. The minimum absolute atomic E-state index is 0.0435. The Hall–Kier alpha value is -1.60. The molecule has 0 aliphatic carbocycles. The van der Waals surface area contributed by atoms with Gasteiger partial charge in [-0.25, -0.2) is 4.79 Å². The van der Waals surface area contributed by atoms with Gasteiger partial charge in [-0.1, -0.05) is 6.07 Å². The van der Waals surface area contributed by atoms with E-state index in [1.54, 1.807) is 11.3 Å². The number of carbonyl (C=O) groups excluding carboxylic acids is 1. The van der Waals surface area contributed by atoms with E-state index in [0.29, 0.717) is 0 Å². The highest BCUT2D eigenvalue weighted by molar-refractivity contribution is 7.09. The largest absolute Gasteiger partial charge is 0.481 e. The number of carboxylic acids is 1. The van der Waals surface area contributed by atoms with Gasteiger partial charge in [-0.05, 0) is 25.3 Å². The van der Waals surface area contributed by atoms with Gasteiger partial charge < -0.3 is 20.8 Å². The standard InChI is InChI=1S/C13H20N2O4S/c1-9(6-10-4-3-5-20-10)15-12(18)14-8-13(2,19)7-11(16)17/h3-5,9,19H,6-8H2,1-2H3,(H,16,17)(H2,14,15,18). The number of urea groups is 1. The number of rotatable bonds is 7. The second-order valence-electron chi connectivity index (χ2n) is 5.08. The van der Waals surface area contributed by atoms with Gasteiger partial charge in [-0.2, -0.15) is 0 Å². The molecule has 0 saturated carbocycles. The Morgan fingerprint density at radius 2 is 2.20 bits per heavy atom. The number of nitrogens with one attached hydrogen (secondary N) is 2.